The summed E-state index contributed by atoms with van der Waals surface area (Å²) in [6.07, 6.45) is 0.00454. The van der Waals surface area contributed by atoms with Crippen molar-refractivity contribution in [3.63, 3.8) is 0 Å². The third-order valence-corrected chi connectivity index (χ3v) is 1.19. The molecular weight excluding hydrogens is 130 g/mol. The number of carbonyl (C=O) groups excluding carboxylic acids is 1. The van der Waals surface area contributed by atoms with Gasteiger partial charge in [0.25, 0.3) is 0 Å². The molecule has 0 aromatic heterocycles. The Morgan fingerprint density at radius 3 is 2.10 bits per heavy atom. The molecule has 10 heavy (non-hydrogen) atoms. The van der Waals surface area contributed by atoms with Crippen molar-refractivity contribution in [2.45, 2.75) is 27.0 Å². The van der Waals surface area contributed by atoms with Crippen molar-refractivity contribution < 1.29 is 9.90 Å². The summed E-state index contributed by atoms with van der Waals surface area (Å²) in [5.41, 5.74) is 0. The first kappa shape index (κ1) is 9.43. The Hall–Kier alpha value is -0.570. The van der Waals surface area contributed by atoms with Gasteiger partial charge in [-0.1, -0.05) is 13.8 Å². The molecule has 0 aliphatic carbocycles. The normalized spacial score (nSPS) is 13.3. The highest BCUT2D eigenvalue weighted by Crippen LogP contribution is 1.98. The van der Waals surface area contributed by atoms with E-state index in [-0.39, 0.29) is 0 Å². The van der Waals surface area contributed by atoms with E-state index in [4.69, 9.17) is 5.11 Å². The highest BCUT2D eigenvalue weighted by atomic mass is 16.3. The summed E-state index contributed by atoms with van der Waals surface area (Å²) in [5, 5.41) is 8.96. The molecule has 0 bridgehead atoms. The lowest BCUT2D eigenvalue weighted by Gasteiger charge is -2.21. The zero-order valence-electron chi connectivity index (χ0n) is 6.74. The van der Waals surface area contributed by atoms with Crippen LogP contribution in [0, 0.1) is 5.92 Å². The molecule has 1 amide bonds. The van der Waals surface area contributed by atoms with Crippen LogP contribution in [0.25, 0.3) is 0 Å². The number of aliphatic hydroxyl groups is 1. The zero-order valence-corrected chi connectivity index (χ0v) is 6.74. The maximum atomic E-state index is 10.2. The lowest BCUT2D eigenvalue weighted by Crippen LogP contribution is -2.34. The molecule has 0 fully saturated rings. The van der Waals surface area contributed by atoms with Crippen molar-refractivity contribution in [3.05, 3.63) is 0 Å². The first-order chi connectivity index (χ1) is 4.57. The molecule has 1 atom stereocenters. The van der Waals surface area contributed by atoms with Gasteiger partial charge in [-0.25, -0.2) is 0 Å². The number of amides is 1. The van der Waals surface area contributed by atoms with Crippen LogP contribution in [-0.4, -0.2) is 29.2 Å². The molecule has 3 nitrogen and oxygen atoms in total. The van der Waals surface area contributed by atoms with Crippen molar-refractivity contribution in [2.24, 2.45) is 5.92 Å². The first-order valence-electron chi connectivity index (χ1n) is 3.47. The monoisotopic (exact) mass is 145 g/mol. The third-order valence-electron chi connectivity index (χ3n) is 1.19. The number of nitrogens with zero attached hydrogens (tertiary/aromatic N) is 1. The molecule has 0 heterocycles. The lowest BCUT2D eigenvalue weighted by molar-refractivity contribution is -0.127. The van der Waals surface area contributed by atoms with Gasteiger partial charge in [0.1, 0.15) is 6.23 Å². The molecule has 3 heteroatoms. The maximum absolute atomic E-state index is 10.2. The molecule has 0 rings (SSSR count). The van der Waals surface area contributed by atoms with E-state index in [2.05, 4.69) is 0 Å². The van der Waals surface area contributed by atoms with Crippen LogP contribution >= 0.6 is 0 Å². The Labute approximate surface area is 61.6 Å². The van der Waals surface area contributed by atoms with Crippen LogP contribution in [-0.2, 0) is 4.79 Å². The van der Waals surface area contributed by atoms with Gasteiger partial charge in [0.2, 0.25) is 6.41 Å². The Bertz CT molecular complexity index is 102. The average molecular weight is 145 g/mol. The second kappa shape index (κ2) is 4.28. The second-order valence-electron chi connectivity index (χ2n) is 2.83. The van der Waals surface area contributed by atoms with Crippen molar-refractivity contribution >= 4 is 6.41 Å². The van der Waals surface area contributed by atoms with E-state index < -0.39 is 6.23 Å². The van der Waals surface area contributed by atoms with Crippen LogP contribution in [0.15, 0.2) is 0 Å². The molecule has 0 saturated carbocycles. The van der Waals surface area contributed by atoms with Gasteiger partial charge >= 0.3 is 0 Å². The van der Waals surface area contributed by atoms with E-state index in [9.17, 15) is 4.79 Å². The minimum absolute atomic E-state index is 0.403. The number of aliphatic hydroxyl groups excluding tert-OH is 1. The van der Waals surface area contributed by atoms with Crippen LogP contribution in [0.2, 0.25) is 0 Å². The first-order valence-corrected chi connectivity index (χ1v) is 3.47. The van der Waals surface area contributed by atoms with Crippen molar-refractivity contribution in [3.8, 4) is 0 Å². The van der Waals surface area contributed by atoms with E-state index in [1.54, 1.807) is 6.92 Å². The molecule has 0 aliphatic rings. The second-order valence-corrected chi connectivity index (χ2v) is 2.83. The highest BCUT2D eigenvalue weighted by Gasteiger charge is 2.08. The molecule has 0 aromatic rings. The Kier molecular flexibility index (Phi) is 4.03. The van der Waals surface area contributed by atoms with Crippen LogP contribution in [0.4, 0.5) is 0 Å². The van der Waals surface area contributed by atoms with Crippen molar-refractivity contribution in [1.29, 1.82) is 0 Å². The summed E-state index contributed by atoms with van der Waals surface area (Å²) in [6.45, 7) is 6.19. The molecule has 0 aliphatic heterocycles. The largest absolute Gasteiger partial charge is 0.374 e. The van der Waals surface area contributed by atoms with Crippen molar-refractivity contribution in [2.75, 3.05) is 6.54 Å². The molecular formula is C7H15NO2. The molecule has 0 radical (unpaired) electrons. The molecule has 0 saturated heterocycles. The van der Waals surface area contributed by atoms with E-state index in [1.807, 2.05) is 13.8 Å². The van der Waals surface area contributed by atoms with Crippen LogP contribution in [0.3, 0.4) is 0 Å². The van der Waals surface area contributed by atoms with Crippen LogP contribution in [0.1, 0.15) is 20.8 Å². The predicted molar refractivity (Wildman–Crippen MR) is 39.3 cm³/mol. The molecule has 1 N–H and O–H groups in total. The topological polar surface area (TPSA) is 40.5 Å². The Morgan fingerprint density at radius 2 is 2.00 bits per heavy atom. The van der Waals surface area contributed by atoms with Gasteiger partial charge in [0.05, 0.1) is 0 Å². The fraction of sp³-hybridized carbons (Fsp3) is 0.857. The SMILES string of the molecule is CC(C)CN(C=O)C(C)O. The summed E-state index contributed by atoms with van der Waals surface area (Å²) >= 11 is 0. The number of hydrogen-bond donors (Lipinski definition) is 1. The average Bonchev–Trinajstić information content (AvgIpc) is 1.81. The van der Waals surface area contributed by atoms with Gasteiger partial charge in [0.15, 0.2) is 0 Å². The summed E-state index contributed by atoms with van der Waals surface area (Å²) in [6, 6.07) is 0. The fourth-order valence-electron chi connectivity index (χ4n) is 0.705. The number of rotatable bonds is 4. The van der Waals surface area contributed by atoms with Gasteiger partial charge in [-0.05, 0) is 12.8 Å². The highest BCUT2D eigenvalue weighted by molar-refractivity contribution is 5.47. The van der Waals surface area contributed by atoms with Crippen LogP contribution in [0.5, 0.6) is 0 Å². The molecule has 1 unspecified atom stereocenters. The molecule has 0 spiro atoms. The van der Waals surface area contributed by atoms with E-state index >= 15 is 0 Å². The fourth-order valence-corrected chi connectivity index (χ4v) is 0.705. The Balaban J connectivity index is 3.71. The van der Waals surface area contributed by atoms with Gasteiger partial charge in [-0.3, -0.25) is 4.79 Å². The van der Waals surface area contributed by atoms with E-state index in [0.717, 1.165) is 0 Å². The van der Waals surface area contributed by atoms with Gasteiger partial charge in [-0.15, -0.1) is 0 Å². The van der Waals surface area contributed by atoms with Crippen LogP contribution < -0.4 is 0 Å². The maximum Gasteiger partial charge on any atom is 0.211 e. The van der Waals surface area contributed by atoms with Gasteiger partial charge in [0, 0.05) is 6.54 Å². The third kappa shape index (κ3) is 3.45. The van der Waals surface area contributed by atoms with Gasteiger partial charge in [-0.2, -0.15) is 0 Å². The Morgan fingerprint density at radius 1 is 1.50 bits per heavy atom. The van der Waals surface area contributed by atoms with Gasteiger partial charge < -0.3 is 10.0 Å². The minimum Gasteiger partial charge on any atom is -0.374 e. The summed E-state index contributed by atoms with van der Waals surface area (Å²) < 4.78 is 0. The molecule has 0 aromatic carbocycles. The van der Waals surface area contributed by atoms with E-state index in [0.29, 0.717) is 18.9 Å². The summed E-state index contributed by atoms with van der Waals surface area (Å²) in [5.74, 6) is 0.403. The van der Waals surface area contributed by atoms with Crippen molar-refractivity contribution in [1.82, 2.24) is 4.90 Å². The zero-order chi connectivity index (χ0) is 8.15. The standard InChI is InChI=1S/C7H15NO2/c1-6(2)4-8(5-9)7(3)10/h5-7,10H,4H2,1-3H3. The van der Waals surface area contributed by atoms with E-state index in [1.165, 1.54) is 4.90 Å². The quantitative estimate of drug-likeness (QED) is 0.460. The number of carbonyl (C=O) groups is 1. The predicted octanol–water partition coefficient (Wildman–Crippen LogP) is 0.439. The molecule has 60 valence electrons. The summed E-state index contributed by atoms with van der Waals surface area (Å²) in [7, 11) is 0. The number of hydrogen-bond acceptors (Lipinski definition) is 2. The minimum atomic E-state index is -0.667. The lowest BCUT2D eigenvalue weighted by atomic mass is 10.2. The smallest absolute Gasteiger partial charge is 0.211 e. The summed E-state index contributed by atoms with van der Waals surface area (Å²) in [4.78, 5) is 11.6.